The third-order valence-corrected chi connectivity index (χ3v) is 2.98. The smallest absolute Gasteiger partial charge is 0.158 e. The van der Waals surface area contributed by atoms with E-state index in [1.807, 2.05) is 19.1 Å². The van der Waals surface area contributed by atoms with Crippen LogP contribution in [0.1, 0.15) is 12.1 Å². The molecule has 3 aromatic heterocycles. The van der Waals surface area contributed by atoms with Crippen LogP contribution in [0.3, 0.4) is 0 Å². The first kappa shape index (κ1) is 12.6. The number of aryl methyl sites for hydroxylation is 1. The van der Waals surface area contributed by atoms with E-state index in [2.05, 4.69) is 25.4 Å². The molecule has 0 unspecified atom stereocenters. The molecule has 3 rings (SSSR count). The molecule has 3 aromatic rings. The fraction of sp³-hybridized carbons (Fsp3) is 0.308. The first-order valence-corrected chi connectivity index (χ1v) is 6.59. The van der Waals surface area contributed by atoms with Gasteiger partial charge in [-0.05, 0) is 26.0 Å². The molecule has 0 aliphatic heterocycles. The average molecular weight is 271 g/mol. The minimum atomic E-state index is 0.662. The molecule has 0 aromatic carbocycles. The molecular weight excluding hydrogens is 254 g/mol. The van der Waals surface area contributed by atoms with Gasteiger partial charge in [0.15, 0.2) is 17.3 Å². The molecule has 0 aliphatic carbocycles. The Kier molecular flexibility index (Phi) is 3.34. The zero-order valence-corrected chi connectivity index (χ0v) is 11.3. The van der Waals surface area contributed by atoms with E-state index in [-0.39, 0.29) is 0 Å². The van der Waals surface area contributed by atoms with Crippen LogP contribution in [0.2, 0.25) is 0 Å². The molecule has 0 fully saturated rings. The molecule has 0 amide bonds. The van der Waals surface area contributed by atoms with E-state index < -0.39 is 0 Å². The first-order valence-electron chi connectivity index (χ1n) is 6.59. The number of H-pyrrole nitrogens is 1. The summed E-state index contributed by atoms with van der Waals surface area (Å²) in [6.07, 6.45) is 4.42. The van der Waals surface area contributed by atoms with E-state index in [1.165, 1.54) is 0 Å². The van der Waals surface area contributed by atoms with E-state index in [1.54, 1.807) is 16.9 Å². The molecular formula is C13H17N7. The van der Waals surface area contributed by atoms with Gasteiger partial charge >= 0.3 is 0 Å². The Morgan fingerprint density at radius 3 is 3.05 bits per heavy atom. The number of aromatic nitrogens is 5. The highest BCUT2D eigenvalue weighted by Gasteiger charge is 2.11. The van der Waals surface area contributed by atoms with Crippen molar-refractivity contribution in [2.75, 3.05) is 18.4 Å². The van der Waals surface area contributed by atoms with E-state index in [0.29, 0.717) is 6.54 Å². The van der Waals surface area contributed by atoms with Crippen molar-refractivity contribution >= 4 is 11.5 Å². The van der Waals surface area contributed by atoms with Crippen LogP contribution in [0, 0.1) is 6.92 Å². The fourth-order valence-electron chi connectivity index (χ4n) is 2.08. The Morgan fingerprint density at radius 2 is 2.30 bits per heavy atom. The molecule has 0 atom stereocenters. The normalized spacial score (nSPS) is 11.1. The van der Waals surface area contributed by atoms with Crippen LogP contribution < -0.4 is 11.1 Å². The topological polar surface area (TPSA) is 96.9 Å². The zero-order valence-electron chi connectivity index (χ0n) is 11.3. The van der Waals surface area contributed by atoms with Crippen molar-refractivity contribution in [3.63, 3.8) is 0 Å². The Bertz CT molecular complexity index is 699. The Labute approximate surface area is 116 Å². The molecule has 20 heavy (non-hydrogen) atoms. The van der Waals surface area contributed by atoms with Crippen LogP contribution in [0.5, 0.6) is 0 Å². The predicted molar refractivity (Wildman–Crippen MR) is 77.5 cm³/mol. The van der Waals surface area contributed by atoms with Crippen molar-refractivity contribution in [2.45, 2.75) is 13.3 Å². The summed E-state index contributed by atoms with van der Waals surface area (Å²) in [6.45, 7) is 3.42. The van der Waals surface area contributed by atoms with Crippen molar-refractivity contribution in [3.05, 3.63) is 30.2 Å². The van der Waals surface area contributed by atoms with E-state index >= 15 is 0 Å². The molecule has 0 spiro atoms. The van der Waals surface area contributed by atoms with Gasteiger partial charge in [0, 0.05) is 30.7 Å². The van der Waals surface area contributed by atoms with Gasteiger partial charge in [0.05, 0.1) is 0 Å². The number of hydrogen-bond donors (Lipinski definition) is 3. The molecule has 4 N–H and O–H groups in total. The van der Waals surface area contributed by atoms with Crippen LogP contribution >= 0.6 is 0 Å². The zero-order chi connectivity index (χ0) is 13.9. The average Bonchev–Trinajstić information content (AvgIpc) is 3.06. The summed E-state index contributed by atoms with van der Waals surface area (Å²) >= 11 is 0. The largest absolute Gasteiger partial charge is 0.368 e. The predicted octanol–water partition coefficient (Wildman–Crippen LogP) is 1.19. The Hall–Kier alpha value is -2.41. The molecule has 0 saturated carbocycles. The van der Waals surface area contributed by atoms with Gasteiger partial charge < -0.3 is 16.0 Å². The monoisotopic (exact) mass is 271 g/mol. The quantitative estimate of drug-likeness (QED) is 0.606. The number of fused-ring (bicyclic) bond motifs is 1. The number of nitrogens with two attached hydrogens (primary N) is 1. The maximum absolute atomic E-state index is 5.49. The van der Waals surface area contributed by atoms with Crippen LogP contribution in [0.15, 0.2) is 24.5 Å². The lowest BCUT2D eigenvalue weighted by Gasteiger charge is -2.03. The molecule has 0 radical (unpaired) electrons. The van der Waals surface area contributed by atoms with Gasteiger partial charge in [0.1, 0.15) is 5.69 Å². The SMILES string of the molecule is Cc1cc(-c2ncc[nH]2)n2nc(NCCCN)cc2n1. The van der Waals surface area contributed by atoms with Crippen molar-refractivity contribution in [3.8, 4) is 11.5 Å². The maximum atomic E-state index is 5.49. The molecule has 104 valence electrons. The van der Waals surface area contributed by atoms with Crippen molar-refractivity contribution in [1.82, 2.24) is 24.6 Å². The van der Waals surface area contributed by atoms with Crippen molar-refractivity contribution < 1.29 is 0 Å². The van der Waals surface area contributed by atoms with E-state index in [9.17, 15) is 0 Å². The van der Waals surface area contributed by atoms with Crippen LogP contribution in [0.25, 0.3) is 17.2 Å². The highest BCUT2D eigenvalue weighted by Crippen LogP contribution is 2.19. The third-order valence-electron chi connectivity index (χ3n) is 2.98. The molecule has 3 heterocycles. The fourth-order valence-corrected chi connectivity index (χ4v) is 2.08. The molecule has 7 heteroatoms. The van der Waals surface area contributed by atoms with E-state index in [4.69, 9.17) is 5.73 Å². The Balaban J connectivity index is 2.02. The highest BCUT2D eigenvalue weighted by molar-refractivity contribution is 5.60. The minimum Gasteiger partial charge on any atom is -0.368 e. The van der Waals surface area contributed by atoms with Gasteiger partial charge in [0.2, 0.25) is 0 Å². The first-order chi connectivity index (χ1) is 9.78. The second kappa shape index (κ2) is 5.30. The molecule has 7 nitrogen and oxygen atoms in total. The lowest BCUT2D eigenvalue weighted by Crippen LogP contribution is -2.08. The molecule has 0 saturated heterocycles. The summed E-state index contributed by atoms with van der Waals surface area (Å²) in [5, 5.41) is 7.77. The number of aromatic amines is 1. The third kappa shape index (κ3) is 2.35. The van der Waals surface area contributed by atoms with Crippen molar-refractivity contribution in [2.24, 2.45) is 5.73 Å². The van der Waals surface area contributed by atoms with Gasteiger partial charge in [-0.3, -0.25) is 0 Å². The number of imidazole rings is 1. The summed E-state index contributed by atoms with van der Waals surface area (Å²) in [6, 6.07) is 3.89. The number of rotatable bonds is 5. The van der Waals surface area contributed by atoms with Gasteiger partial charge in [-0.15, -0.1) is 5.10 Å². The summed E-state index contributed by atoms with van der Waals surface area (Å²) in [7, 11) is 0. The maximum Gasteiger partial charge on any atom is 0.158 e. The standard InChI is InChI=1S/C13H17N7/c1-9-7-10(13-16-5-6-17-13)20-12(18-9)8-11(19-20)15-4-2-3-14/h5-8H,2-4,14H2,1H3,(H,15,19)(H,16,17). The van der Waals surface area contributed by atoms with Crippen LogP contribution in [-0.4, -0.2) is 37.7 Å². The van der Waals surface area contributed by atoms with Gasteiger partial charge in [-0.1, -0.05) is 0 Å². The molecule has 0 aliphatic rings. The van der Waals surface area contributed by atoms with Gasteiger partial charge in [-0.25, -0.2) is 14.5 Å². The number of hydrogen-bond acceptors (Lipinski definition) is 5. The van der Waals surface area contributed by atoms with E-state index in [0.717, 1.165) is 41.6 Å². The van der Waals surface area contributed by atoms with Crippen molar-refractivity contribution in [1.29, 1.82) is 0 Å². The summed E-state index contributed by atoms with van der Waals surface area (Å²) in [5.74, 6) is 1.57. The van der Waals surface area contributed by atoms with Crippen LogP contribution in [-0.2, 0) is 0 Å². The summed E-state index contributed by atoms with van der Waals surface area (Å²) < 4.78 is 1.79. The van der Waals surface area contributed by atoms with Crippen LogP contribution in [0.4, 0.5) is 5.82 Å². The summed E-state index contributed by atoms with van der Waals surface area (Å²) in [4.78, 5) is 11.9. The second-order valence-corrected chi connectivity index (χ2v) is 4.59. The lowest BCUT2D eigenvalue weighted by molar-refractivity contribution is 0.861. The minimum absolute atomic E-state index is 0.662. The second-order valence-electron chi connectivity index (χ2n) is 4.59. The number of nitrogens with one attached hydrogen (secondary N) is 2. The van der Waals surface area contributed by atoms with Gasteiger partial charge in [0.25, 0.3) is 0 Å². The van der Waals surface area contributed by atoms with Gasteiger partial charge in [-0.2, -0.15) is 0 Å². The number of nitrogens with zero attached hydrogens (tertiary/aromatic N) is 4. The lowest BCUT2D eigenvalue weighted by atomic mass is 10.3. The highest BCUT2D eigenvalue weighted by atomic mass is 15.3. The number of anilines is 1. The summed E-state index contributed by atoms with van der Waals surface area (Å²) in [5.41, 5.74) is 8.10. The molecule has 0 bridgehead atoms. The Morgan fingerprint density at radius 1 is 1.40 bits per heavy atom.